The average Bonchev–Trinajstić information content (AvgIpc) is 2.77. The molecule has 144 valence electrons. The van der Waals surface area contributed by atoms with E-state index in [1.54, 1.807) is 25.3 Å². The minimum Gasteiger partial charge on any atom is -0.497 e. The molecule has 0 unspecified atom stereocenters. The van der Waals surface area contributed by atoms with Crippen LogP contribution >= 0.6 is 11.6 Å². The Morgan fingerprint density at radius 2 is 1.76 bits per heavy atom. The van der Waals surface area contributed by atoms with Crippen molar-refractivity contribution in [2.45, 2.75) is 6.61 Å². The van der Waals surface area contributed by atoms with Crippen LogP contribution in [0, 0.1) is 0 Å². The lowest BCUT2D eigenvalue weighted by molar-refractivity contribution is 0.0475. The lowest BCUT2D eigenvalue weighted by Crippen LogP contribution is -2.07. The van der Waals surface area contributed by atoms with Gasteiger partial charge in [0.25, 0.3) is 0 Å². The van der Waals surface area contributed by atoms with Crippen LogP contribution in [-0.4, -0.2) is 18.1 Å². The first-order chi connectivity index (χ1) is 14.1. The molecule has 0 aliphatic heterocycles. The minimum absolute atomic E-state index is 0.147. The van der Waals surface area contributed by atoms with Gasteiger partial charge in [0.2, 0.25) is 0 Å². The van der Waals surface area contributed by atoms with Crippen molar-refractivity contribution in [1.29, 1.82) is 0 Å². The van der Waals surface area contributed by atoms with Gasteiger partial charge >= 0.3 is 5.97 Å². The molecule has 4 nitrogen and oxygen atoms in total. The summed E-state index contributed by atoms with van der Waals surface area (Å²) in [6.45, 7) is 0.147. The van der Waals surface area contributed by atoms with Crippen molar-refractivity contribution >= 4 is 28.5 Å². The number of methoxy groups -OCH3 is 1. The van der Waals surface area contributed by atoms with Crippen molar-refractivity contribution in [3.63, 3.8) is 0 Å². The number of carbonyl (C=O) groups excluding carboxylic acids is 1. The van der Waals surface area contributed by atoms with Crippen molar-refractivity contribution < 1.29 is 14.3 Å². The molecule has 1 aromatic heterocycles. The molecule has 0 saturated carbocycles. The summed E-state index contributed by atoms with van der Waals surface area (Å²) in [5.74, 6) is 0.356. The van der Waals surface area contributed by atoms with Crippen LogP contribution in [0.4, 0.5) is 0 Å². The van der Waals surface area contributed by atoms with Gasteiger partial charge < -0.3 is 9.47 Å². The standard InChI is InChI=1S/C24H18ClNO3/c1-28-19-11-9-17(10-12-19)23-14-21(20-7-2-3-8-22(20)26-23)24(27)29-15-16-5-4-6-18(25)13-16/h2-14H,15H2,1H3. The number of benzene rings is 3. The second kappa shape index (κ2) is 8.33. The number of rotatable bonds is 5. The van der Waals surface area contributed by atoms with E-state index in [-0.39, 0.29) is 6.61 Å². The van der Waals surface area contributed by atoms with E-state index >= 15 is 0 Å². The summed E-state index contributed by atoms with van der Waals surface area (Å²) in [5, 5.41) is 1.36. The predicted molar refractivity (Wildman–Crippen MR) is 114 cm³/mol. The van der Waals surface area contributed by atoms with Gasteiger partial charge in [-0.05, 0) is 54.1 Å². The van der Waals surface area contributed by atoms with Crippen LogP contribution in [0.3, 0.4) is 0 Å². The zero-order chi connectivity index (χ0) is 20.2. The molecule has 1 heterocycles. The van der Waals surface area contributed by atoms with E-state index in [1.807, 2.05) is 60.7 Å². The molecule has 0 radical (unpaired) electrons. The van der Waals surface area contributed by atoms with E-state index < -0.39 is 5.97 Å². The van der Waals surface area contributed by atoms with Gasteiger partial charge in [-0.1, -0.05) is 41.9 Å². The molecular formula is C24H18ClNO3. The highest BCUT2D eigenvalue weighted by Crippen LogP contribution is 2.27. The zero-order valence-electron chi connectivity index (χ0n) is 15.8. The molecule has 0 bridgehead atoms. The van der Waals surface area contributed by atoms with E-state index in [9.17, 15) is 4.79 Å². The van der Waals surface area contributed by atoms with E-state index in [0.29, 0.717) is 16.3 Å². The Kier molecular flexibility index (Phi) is 5.45. The molecule has 0 aliphatic carbocycles. The SMILES string of the molecule is COc1ccc(-c2cc(C(=O)OCc3cccc(Cl)c3)c3ccccc3n2)cc1. The first-order valence-corrected chi connectivity index (χ1v) is 9.47. The molecule has 4 aromatic rings. The number of fused-ring (bicyclic) bond motifs is 1. The van der Waals surface area contributed by atoms with Crippen LogP contribution < -0.4 is 4.74 Å². The quantitative estimate of drug-likeness (QED) is 0.388. The van der Waals surface area contributed by atoms with Crippen LogP contribution in [-0.2, 0) is 11.3 Å². The Morgan fingerprint density at radius 3 is 2.52 bits per heavy atom. The second-order valence-corrected chi connectivity index (χ2v) is 6.94. The summed E-state index contributed by atoms with van der Waals surface area (Å²) in [6.07, 6.45) is 0. The summed E-state index contributed by atoms with van der Waals surface area (Å²) >= 11 is 6.01. The molecule has 0 amide bonds. The number of ether oxygens (including phenoxy) is 2. The number of para-hydroxylation sites is 1. The van der Waals surface area contributed by atoms with E-state index in [4.69, 9.17) is 26.1 Å². The van der Waals surface area contributed by atoms with Gasteiger partial charge in [-0.2, -0.15) is 0 Å². The Balaban J connectivity index is 1.69. The lowest BCUT2D eigenvalue weighted by atomic mass is 10.0. The fourth-order valence-corrected chi connectivity index (χ4v) is 3.32. The first kappa shape index (κ1) is 19.0. The van der Waals surface area contributed by atoms with Crippen LogP contribution in [0.1, 0.15) is 15.9 Å². The number of nitrogens with zero attached hydrogens (tertiary/aromatic N) is 1. The van der Waals surface area contributed by atoms with Gasteiger partial charge in [0, 0.05) is 16.0 Å². The molecule has 0 N–H and O–H groups in total. The van der Waals surface area contributed by atoms with Gasteiger partial charge in [-0.25, -0.2) is 9.78 Å². The molecule has 0 atom stereocenters. The highest BCUT2D eigenvalue weighted by atomic mass is 35.5. The summed E-state index contributed by atoms with van der Waals surface area (Å²) in [5.41, 5.74) is 3.63. The number of halogens is 1. The molecule has 3 aromatic carbocycles. The van der Waals surface area contributed by atoms with Crippen molar-refractivity contribution in [3.8, 4) is 17.0 Å². The van der Waals surface area contributed by atoms with Crippen molar-refractivity contribution in [2.75, 3.05) is 7.11 Å². The Bertz CT molecular complexity index is 1170. The maximum atomic E-state index is 12.9. The summed E-state index contributed by atoms with van der Waals surface area (Å²) in [4.78, 5) is 17.6. The lowest BCUT2D eigenvalue weighted by Gasteiger charge is -2.11. The average molecular weight is 404 g/mol. The third kappa shape index (κ3) is 4.23. The number of carbonyl (C=O) groups is 1. The first-order valence-electron chi connectivity index (χ1n) is 9.10. The topological polar surface area (TPSA) is 48.4 Å². The Hall–Kier alpha value is -3.37. The Morgan fingerprint density at radius 1 is 0.966 bits per heavy atom. The summed E-state index contributed by atoms with van der Waals surface area (Å²) in [7, 11) is 1.62. The molecule has 0 saturated heterocycles. The fourth-order valence-electron chi connectivity index (χ4n) is 3.11. The number of esters is 1. The van der Waals surface area contributed by atoms with Crippen molar-refractivity contribution in [3.05, 3.63) is 95.0 Å². The van der Waals surface area contributed by atoms with Gasteiger partial charge in [-0.3, -0.25) is 0 Å². The van der Waals surface area contributed by atoms with Crippen molar-refractivity contribution in [2.24, 2.45) is 0 Å². The highest BCUT2D eigenvalue weighted by Gasteiger charge is 2.15. The number of hydrogen-bond acceptors (Lipinski definition) is 4. The zero-order valence-corrected chi connectivity index (χ0v) is 16.5. The fraction of sp³-hybridized carbons (Fsp3) is 0.0833. The molecule has 29 heavy (non-hydrogen) atoms. The van der Waals surface area contributed by atoms with Gasteiger partial charge in [-0.15, -0.1) is 0 Å². The molecule has 0 spiro atoms. The van der Waals surface area contributed by atoms with Crippen LogP contribution in [0.15, 0.2) is 78.9 Å². The maximum Gasteiger partial charge on any atom is 0.339 e. The van der Waals surface area contributed by atoms with Crippen LogP contribution in [0.5, 0.6) is 5.75 Å². The highest BCUT2D eigenvalue weighted by molar-refractivity contribution is 6.30. The van der Waals surface area contributed by atoms with Crippen molar-refractivity contribution in [1.82, 2.24) is 4.98 Å². The van der Waals surface area contributed by atoms with E-state index in [2.05, 4.69) is 0 Å². The largest absolute Gasteiger partial charge is 0.497 e. The minimum atomic E-state index is -0.404. The number of aromatic nitrogens is 1. The van der Waals surface area contributed by atoms with Crippen LogP contribution in [0.25, 0.3) is 22.2 Å². The monoisotopic (exact) mass is 403 g/mol. The number of pyridine rings is 1. The van der Waals surface area contributed by atoms with E-state index in [0.717, 1.165) is 27.8 Å². The molecule has 5 heteroatoms. The van der Waals surface area contributed by atoms with Crippen LogP contribution in [0.2, 0.25) is 5.02 Å². The predicted octanol–water partition coefficient (Wildman–Crippen LogP) is 5.92. The van der Waals surface area contributed by atoms with E-state index in [1.165, 1.54) is 0 Å². The van der Waals surface area contributed by atoms with Gasteiger partial charge in [0.05, 0.1) is 23.9 Å². The maximum absolute atomic E-state index is 12.9. The van der Waals surface area contributed by atoms with Gasteiger partial charge in [0.1, 0.15) is 12.4 Å². The number of hydrogen-bond donors (Lipinski definition) is 0. The second-order valence-electron chi connectivity index (χ2n) is 6.51. The third-order valence-corrected chi connectivity index (χ3v) is 4.82. The van der Waals surface area contributed by atoms with Gasteiger partial charge in [0.15, 0.2) is 0 Å². The third-order valence-electron chi connectivity index (χ3n) is 4.58. The summed E-state index contributed by atoms with van der Waals surface area (Å²) < 4.78 is 10.8. The normalized spacial score (nSPS) is 10.7. The molecule has 0 fully saturated rings. The Labute approximate surface area is 173 Å². The summed E-state index contributed by atoms with van der Waals surface area (Å²) in [6, 6.07) is 24.1. The molecular weight excluding hydrogens is 386 g/mol. The molecule has 4 rings (SSSR count). The molecule has 0 aliphatic rings. The smallest absolute Gasteiger partial charge is 0.339 e.